The molecule has 3 amide bonds. The second kappa shape index (κ2) is 5.53. The molecule has 1 aliphatic heterocycles. The van der Waals surface area contributed by atoms with Crippen LogP contribution >= 0.6 is 0 Å². The Morgan fingerprint density at radius 2 is 1.68 bits per heavy atom. The first-order valence-corrected chi connectivity index (χ1v) is 7.44. The summed E-state index contributed by atoms with van der Waals surface area (Å²) in [5, 5.41) is 8.77. The van der Waals surface area contributed by atoms with E-state index in [0.717, 1.165) is 25.7 Å². The number of carbonyl (C=O) groups excluding carboxylic acids is 3. The molecule has 1 saturated carbocycles. The second-order valence-electron chi connectivity index (χ2n) is 6.16. The summed E-state index contributed by atoms with van der Waals surface area (Å²) in [6.45, 7) is 0.229. The number of amides is 3. The summed E-state index contributed by atoms with van der Waals surface area (Å²) in [7, 11) is 0. The van der Waals surface area contributed by atoms with Crippen LogP contribution in [0.1, 0.15) is 52.8 Å². The molecule has 116 valence electrons. The van der Waals surface area contributed by atoms with E-state index in [9.17, 15) is 14.4 Å². The second-order valence-corrected chi connectivity index (χ2v) is 6.16. The average Bonchev–Trinajstić information content (AvgIpc) is 3.07. The summed E-state index contributed by atoms with van der Waals surface area (Å²) in [6, 6.07) is 6.77. The Labute approximate surface area is 128 Å². The Morgan fingerprint density at radius 1 is 1.14 bits per heavy atom. The Kier molecular flexibility index (Phi) is 3.70. The number of nitrogens with zero attached hydrogens (tertiary/aromatic N) is 1. The Bertz CT molecular complexity index is 600. The van der Waals surface area contributed by atoms with Crippen LogP contribution in [0.2, 0.25) is 0 Å². The fourth-order valence-corrected chi connectivity index (χ4v) is 3.61. The smallest absolute Gasteiger partial charge is 0.261 e. The number of fused-ring (bicyclic) bond motifs is 1. The number of hydrogen-bond donors (Lipinski definition) is 2. The van der Waals surface area contributed by atoms with E-state index >= 15 is 0 Å². The molecule has 0 saturated heterocycles. The highest BCUT2D eigenvalue weighted by Gasteiger charge is 2.43. The molecule has 0 spiro atoms. The zero-order chi connectivity index (χ0) is 15.7. The summed E-state index contributed by atoms with van der Waals surface area (Å²) >= 11 is 0. The van der Waals surface area contributed by atoms with Crippen molar-refractivity contribution in [2.45, 2.75) is 32.1 Å². The van der Waals surface area contributed by atoms with Crippen LogP contribution in [0, 0.1) is 5.41 Å². The van der Waals surface area contributed by atoms with Crippen LogP contribution in [0.4, 0.5) is 0 Å². The molecule has 1 aromatic rings. The minimum Gasteiger partial charge on any atom is -0.289 e. The van der Waals surface area contributed by atoms with Crippen LogP contribution in [0.15, 0.2) is 24.3 Å². The Hall–Kier alpha value is -2.21. The first-order chi connectivity index (χ1) is 10.6. The Morgan fingerprint density at radius 3 is 2.18 bits per heavy atom. The van der Waals surface area contributed by atoms with Gasteiger partial charge in [0.25, 0.3) is 11.8 Å². The molecule has 6 heteroatoms. The van der Waals surface area contributed by atoms with Crippen LogP contribution in [-0.4, -0.2) is 34.4 Å². The number of benzene rings is 1. The molecule has 1 aliphatic carbocycles. The number of rotatable bonds is 4. The highest BCUT2D eigenvalue weighted by molar-refractivity contribution is 6.21. The van der Waals surface area contributed by atoms with Crippen molar-refractivity contribution in [3.8, 4) is 0 Å². The highest BCUT2D eigenvalue weighted by atomic mass is 16.5. The van der Waals surface area contributed by atoms with Gasteiger partial charge in [-0.25, -0.2) is 5.48 Å². The topological polar surface area (TPSA) is 86.7 Å². The van der Waals surface area contributed by atoms with E-state index in [1.165, 1.54) is 4.90 Å². The minimum atomic E-state index is -0.474. The van der Waals surface area contributed by atoms with E-state index in [-0.39, 0.29) is 24.8 Å². The van der Waals surface area contributed by atoms with Crippen LogP contribution in [0.25, 0.3) is 0 Å². The molecule has 22 heavy (non-hydrogen) atoms. The lowest BCUT2D eigenvalue weighted by Gasteiger charge is -2.31. The largest absolute Gasteiger partial charge is 0.289 e. The quantitative estimate of drug-likeness (QED) is 0.504. The van der Waals surface area contributed by atoms with E-state index in [2.05, 4.69) is 0 Å². The van der Waals surface area contributed by atoms with Gasteiger partial charge < -0.3 is 0 Å². The minimum absolute atomic E-state index is 0.122. The van der Waals surface area contributed by atoms with E-state index in [1.54, 1.807) is 29.7 Å². The molecule has 0 bridgehead atoms. The van der Waals surface area contributed by atoms with Crippen molar-refractivity contribution < 1.29 is 19.6 Å². The van der Waals surface area contributed by atoms with Gasteiger partial charge in [0.15, 0.2) is 0 Å². The first kappa shape index (κ1) is 14.7. The SMILES string of the molecule is O=C(CC1(CN2C(=O)c3ccccc3C2=O)CCCC1)NO. The summed E-state index contributed by atoms with van der Waals surface area (Å²) in [5.74, 6) is -1.06. The molecular weight excluding hydrogens is 284 g/mol. The van der Waals surface area contributed by atoms with Gasteiger partial charge in [0.1, 0.15) is 0 Å². The standard InChI is InChI=1S/C16H18N2O4/c19-13(17-22)9-16(7-3-4-8-16)10-18-14(20)11-5-1-2-6-12(11)15(18)21/h1-2,5-6,22H,3-4,7-10H2,(H,17,19). The van der Waals surface area contributed by atoms with Crippen molar-refractivity contribution in [2.75, 3.05) is 6.54 Å². The van der Waals surface area contributed by atoms with Crippen LogP contribution in [0.3, 0.4) is 0 Å². The summed E-state index contributed by atoms with van der Waals surface area (Å²) < 4.78 is 0. The predicted octanol–water partition coefficient (Wildman–Crippen LogP) is 1.74. The lowest BCUT2D eigenvalue weighted by atomic mass is 9.81. The van der Waals surface area contributed by atoms with Gasteiger partial charge in [-0.3, -0.25) is 24.5 Å². The third kappa shape index (κ3) is 2.39. The van der Waals surface area contributed by atoms with E-state index in [4.69, 9.17) is 5.21 Å². The van der Waals surface area contributed by atoms with Gasteiger partial charge in [-0.2, -0.15) is 0 Å². The van der Waals surface area contributed by atoms with Gasteiger partial charge in [-0.15, -0.1) is 0 Å². The number of nitrogens with one attached hydrogen (secondary N) is 1. The monoisotopic (exact) mass is 302 g/mol. The molecule has 3 rings (SSSR count). The molecule has 0 aromatic heterocycles. The van der Waals surface area contributed by atoms with Crippen molar-refractivity contribution >= 4 is 17.7 Å². The van der Waals surface area contributed by atoms with Gasteiger partial charge in [0.05, 0.1) is 11.1 Å². The first-order valence-electron chi connectivity index (χ1n) is 7.44. The van der Waals surface area contributed by atoms with Crippen molar-refractivity contribution in [3.05, 3.63) is 35.4 Å². The predicted molar refractivity (Wildman–Crippen MR) is 77.3 cm³/mol. The zero-order valence-corrected chi connectivity index (χ0v) is 12.2. The molecule has 2 aliphatic rings. The van der Waals surface area contributed by atoms with Crippen molar-refractivity contribution in [1.29, 1.82) is 0 Å². The molecular formula is C16H18N2O4. The van der Waals surface area contributed by atoms with Crippen LogP contribution in [0.5, 0.6) is 0 Å². The number of carbonyl (C=O) groups is 3. The number of hydroxylamine groups is 1. The van der Waals surface area contributed by atoms with Gasteiger partial charge in [-0.1, -0.05) is 25.0 Å². The molecule has 6 nitrogen and oxygen atoms in total. The van der Waals surface area contributed by atoms with Gasteiger partial charge in [-0.05, 0) is 30.4 Å². The lowest BCUT2D eigenvalue weighted by Crippen LogP contribution is -2.42. The summed E-state index contributed by atoms with van der Waals surface area (Å²) in [5.41, 5.74) is 2.07. The van der Waals surface area contributed by atoms with Gasteiger partial charge in [0, 0.05) is 13.0 Å². The molecule has 1 heterocycles. The molecule has 1 fully saturated rings. The van der Waals surface area contributed by atoms with E-state index < -0.39 is 11.3 Å². The highest BCUT2D eigenvalue weighted by Crippen LogP contribution is 2.43. The van der Waals surface area contributed by atoms with E-state index in [0.29, 0.717) is 11.1 Å². The van der Waals surface area contributed by atoms with E-state index in [1.807, 2.05) is 0 Å². The van der Waals surface area contributed by atoms with Crippen molar-refractivity contribution in [3.63, 3.8) is 0 Å². The third-order valence-electron chi connectivity index (χ3n) is 4.70. The Balaban J connectivity index is 1.84. The van der Waals surface area contributed by atoms with Gasteiger partial charge in [0.2, 0.25) is 5.91 Å². The maximum Gasteiger partial charge on any atom is 0.261 e. The van der Waals surface area contributed by atoms with Crippen LogP contribution < -0.4 is 5.48 Å². The summed E-state index contributed by atoms with van der Waals surface area (Å²) in [4.78, 5) is 37.7. The van der Waals surface area contributed by atoms with Crippen molar-refractivity contribution in [2.24, 2.45) is 5.41 Å². The zero-order valence-electron chi connectivity index (χ0n) is 12.2. The maximum atomic E-state index is 12.4. The third-order valence-corrected chi connectivity index (χ3v) is 4.70. The normalized spacial score (nSPS) is 19.4. The molecule has 0 unspecified atom stereocenters. The maximum absolute atomic E-state index is 12.4. The fraction of sp³-hybridized carbons (Fsp3) is 0.438. The molecule has 0 atom stereocenters. The number of hydrogen-bond acceptors (Lipinski definition) is 4. The lowest BCUT2D eigenvalue weighted by molar-refractivity contribution is -0.131. The molecule has 0 radical (unpaired) electrons. The van der Waals surface area contributed by atoms with Crippen molar-refractivity contribution in [1.82, 2.24) is 10.4 Å². The average molecular weight is 302 g/mol. The number of imide groups is 1. The van der Waals surface area contributed by atoms with Gasteiger partial charge >= 0.3 is 0 Å². The summed E-state index contributed by atoms with van der Waals surface area (Å²) in [6.07, 6.45) is 3.59. The fourth-order valence-electron chi connectivity index (χ4n) is 3.61. The van der Waals surface area contributed by atoms with Crippen LogP contribution in [-0.2, 0) is 4.79 Å². The molecule has 1 aromatic carbocycles. The molecule has 2 N–H and O–H groups in total.